The molecule has 0 aliphatic heterocycles. The van der Waals surface area contributed by atoms with Gasteiger partial charge in [-0.3, -0.25) is 27.2 Å². The van der Waals surface area contributed by atoms with Gasteiger partial charge in [0.1, 0.15) is 32.6 Å². The predicted molar refractivity (Wildman–Crippen MR) is 304 cm³/mol. The second kappa shape index (κ2) is 26.5. The molecule has 38 heteroatoms. The minimum atomic E-state index is -5.18. The number of nitrogens with zero attached hydrogens (tertiary/aromatic N) is 7. The molecule has 1 unspecified atom stereocenters. The standard InChI is InChI=1S/C42H36Cl2N10O20S6.C2H4.CH4/c1-20-11-22-15-32(79(67,68)69)37(54-51-24-3-6-26(7-4-24)76(59,60)19-74-80(70,71)72)39(57)34(22)29(12-20)46-41-48-40(44)49-42(50-41)47-30-17-27(77(61,62)63)14-23-13-21(2)36(38(56)35(23)30)53-52-28-8-5-25(16-31(28)78(64,65)66)45-33(55)18-75(58)73-10-9-43;1-2;/h3-8,11-17,56-57H,9-10,18-19H2,1-2H3,(H,45,55)(H,61,62,63)(H,64,65,66)(H,67,68,69)(H,70,71,72)(H2,46,47,48,49,50);1-2H2;1H4. The Morgan fingerprint density at radius 1 is 0.675 bits per heavy atom. The quantitative estimate of drug-likeness (QED) is 0.0140. The van der Waals surface area contributed by atoms with E-state index in [1.165, 1.54) is 25.1 Å². The van der Waals surface area contributed by atoms with Crippen molar-refractivity contribution >= 4 is 164 Å². The number of phenols is 2. The predicted octanol–water partition coefficient (Wildman–Crippen LogP) is 8.76. The molecule has 0 spiro atoms. The molecule has 1 amide bonds. The molecule has 1 heterocycles. The third-order valence-electron chi connectivity index (χ3n) is 10.5. The summed E-state index contributed by atoms with van der Waals surface area (Å²) in [4.78, 5) is 21.7. The number of aryl methyl sites for hydroxylation is 2. The van der Waals surface area contributed by atoms with E-state index in [0.29, 0.717) is 5.56 Å². The molecule has 0 saturated heterocycles. The smallest absolute Gasteiger partial charge is 0.398 e. The Morgan fingerprint density at radius 3 is 1.81 bits per heavy atom. The van der Waals surface area contributed by atoms with Gasteiger partial charge >= 0.3 is 10.4 Å². The normalized spacial score (nSPS) is 12.7. The van der Waals surface area contributed by atoms with Gasteiger partial charge in [-0.1, -0.05) is 13.5 Å². The largest absolute Gasteiger partial charge is 0.505 e. The van der Waals surface area contributed by atoms with Crippen molar-refractivity contribution in [2.75, 3.05) is 40.1 Å². The van der Waals surface area contributed by atoms with Crippen LogP contribution in [0.15, 0.2) is 132 Å². The first-order valence-electron chi connectivity index (χ1n) is 22.0. The van der Waals surface area contributed by atoms with E-state index in [0.717, 1.165) is 60.7 Å². The summed E-state index contributed by atoms with van der Waals surface area (Å²) < 4.78 is 182. The number of nitrogens with one attached hydrogen (secondary N) is 3. The first-order chi connectivity index (χ1) is 38.2. The Labute approximate surface area is 485 Å². The molecule has 1 aromatic heterocycles. The number of hydrogen-bond acceptors (Lipinski definition) is 25. The molecule has 0 fully saturated rings. The average molecular weight is 1310 g/mol. The molecule has 0 bridgehead atoms. The molecule has 0 saturated carbocycles. The Morgan fingerprint density at radius 2 is 1.24 bits per heavy atom. The highest BCUT2D eigenvalue weighted by Crippen LogP contribution is 2.47. The number of aromatic nitrogens is 3. The van der Waals surface area contributed by atoms with Crippen LogP contribution in [0.1, 0.15) is 18.6 Å². The van der Waals surface area contributed by atoms with Gasteiger partial charge in [-0.2, -0.15) is 53.7 Å². The fraction of sp³-hybridized carbons (Fsp3) is 0.156. The van der Waals surface area contributed by atoms with Crippen molar-refractivity contribution in [3.63, 3.8) is 0 Å². The SMILES string of the molecule is C.C=C.Cc1cc(Nc2nc(Cl)nc(Nc3cc(S(=O)(=O)O)cc4cc(C)c(N=Nc5ccc(NC(=O)CS(=O)OCCCl)cc5S(=O)(=O)O)c(O)c34)n2)c2c(O)c(N=Nc3ccc(S(=O)(=O)COS(=O)(=O)O)cc3)c(S(=O)(=O)O)cc2c1. The van der Waals surface area contributed by atoms with Crippen molar-refractivity contribution in [2.45, 2.75) is 40.9 Å². The Hall–Kier alpha value is -7.30. The van der Waals surface area contributed by atoms with Gasteiger partial charge in [-0.25, -0.2) is 16.8 Å². The number of anilines is 5. The highest BCUT2D eigenvalue weighted by molar-refractivity contribution is 7.92. The topological polar surface area (TPSA) is 469 Å². The average Bonchev–Trinajstić information content (AvgIpc) is 3.17. The van der Waals surface area contributed by atoms with Crippen LogP contribution in [0.2, 0.25) is 5.28 Å². The van der Waals surface area contributed by atoms with Crippen molar-refractivity contribution in [3.8, 4) is 11.5 Å². The van der Waals surface area contributed by atoms with Gasteiger partial charge in [0.25, 0.3) is 30.4 Å². The fourth-order valence-corrected chi connectivity index (χ4v) is 11.7. The summed E-state index contributed by atoms with van der Waals surface area (Å²) in [5, 5.41) is 45.8. The van der Waals surface area contributed by atoms with Gasteiger partial charge < -0.3 is 26.2 Å². The molecular weight excluding hydrogens is 1260 g/mol. The molecular formula is C45H44Cl2N10O20S6. The van der Waals surface area contributed by atoms with Gasteiger partial charge in [0, 0.05) is 22.3 Å². The third kappa shape index (κ3) is 16.9. The maximum Gasteiger partial charge on any atom is 0.398 e. The van der Waals surface area contributed by atoms with E-state index in [1.807, 2.05) is 0 Å². The van der Waals surface area contributed by atoms with Crippen LogP contribution < -0.4 is 16.0 Å². The number of fused-ring (bicyclic) bond motifs is 2. The van der Waals surface area contributed by atoms with E-state index in [2.05, 4.69) is 68.7 Å². The molecule has 6 aromatic carbocycles. The number of rotatable bonds is 21. The molecule has 30 nitrogen and oxygen atoms in total. The first-order valence-corrected chi connectivity index (χ1v) is 31.5. The number of carbonyl (C=O) groups is 1. The van der Waals surface area contributed by atoms with Crippen molar-refractivity contribution in [1.29, 1.82) is 0 Å². The van der Waals surface area contributed by atoms with Gasteiger partial charge in [0.05, 0.1) is 33.5 Å². The lowest BCUT2D eigenvalue weighted by Gasteiger charge is -2.16. The highest BCUT2D eigenvalue weighted by atomic mass is 35.5. The third-order valence-corrected chi connectivity index (χ3v) is 16.3. The lowest BCUT2D eigenvalue weighted by atomic mass is 10.0. The molecule has 0 aliphatic carbocycles. The molecule has 0 radical (unpaired) electrons. The second-order valence-corrected chi connectivity index (χ2v) is 25.3. The number of phenolic OH excluding ortho intramolecular Hbond substituents is 2. The fourth-order valence-electron chi connectivity index (χ4n) is 7.20. The number of benzene rings is 6. The number of carbonyl (C=O) groups excluding carboxylic acids is 1. The Kier molecular flexibility index (Phi) is 21.2. The lowest BCUT2D eigenvalue weighted by molar-refractivity contribution is -0.113. The van der Waals surface area contributed by atoms with Crippen LogP contribution in [0.3, 0.4) is 0 Å². The van der Waals surface area contributed by atoms with Crippen LogP contribution in [0.5, 0.6) is 11.5 Å². The molecule has 1 atom stereocenters. The number of amides is 1. The Balaban J connectivity index is 0.00000416. The van der Waals surface area contributed by atoms with Crippen LogP contribution in [-0.4, -0.2) is 120 Å². The molecule has 83 heavy (non-hydrogen) atoms. The number of hydrogen-bond donors (Lipinski definition) is 9. The monoisotopic (exact) mass is 1310 g/mol. The van der Waals surface area contributed by atoms with Crippen molar-refractivity contribution in [1.82, 2.24) is 15.0 Å². The number of sulfone groups is 1. The van der Waals surface area contributed by atoms with E-state index >= 15 is 0 Å². The van der Waals surface area contributed by atoms with Crippen LogP contribution in [0.25, 0.3) is 21.5 Å². The second-order valence-electron chi connectivity index (χ2n) is 16.2. The van der Waals surface area contributed by atoms with Crippen molar-refractivity contribution in [3.05, 3.63) is 108 Å². The summed E-state index contributed by atoms with van der Waals surface area (Å²) in [5.41, 5.74) is -1.97. The minimum absolute atomic E-state index is 0. The maximum atomic E-state index is 12.7. The summed E-state index contributed by atoms with van der Waals surface area (Å²) in [6.07, 6.45) is 0. The summed E-state index contributed by atoms with van der Waals surface area (Å²) in [5.74, 6) is -5.54. The van der Waals surface area contributed by atoms with E-state index in [9.17, 15) is 75.0 Å². The molecule has 7 aromatic rings. The van der Waals surface area contributed by atoms with E-state index in [4.69, 9.17) is 31.9 Å². The van der Waals surface area contributed by atoms with Gasteiger partial charge in [-0.15, -0.1) is 40.1 Å². The van der Waals surface area contributed by atoms with E-state index in [-0.39, 0.29) is 75.5 Å². The van der Waals surface area contributed by atoms with Crippen LogP contribution >= 0.6 is 23.2 Å². The number of halogens is 2. The minimum Gasteiger partial charge on any atom is -0.505 e. The zero-order valence-corrected chi connectivity index (χ0v) is 47.9. The van der Waals surface area contributed by atoms with Crippen molar-refractivity contribution in [2.24, 2.45) is 20.5 Å². The molecule has 7 rings (SSSR count). The summed E-state index contributed by atoms with van der Waals surface area (Å²) in [6, 6.07) is 13.9. The van der Waals surface area contributed by atoms with Gasteiger partial charge in [-0.05, 0) is 120 Å². The summed E-state index contributed by atoms with van der Waals surface area (Å²) in [6.45, 7) is 8.83. The zero-order valence-electron chi connectivity index (χ0n) is 41.5. The summed E-state index contributed by atoms with van der Waals surface area (Å²) in [7, 11) is -24.8. The Bertz CT molecular complexity index is 4390. The van der Waals surface area contributed by atoms with Crippen LogP contribution in [0.4, 0.5) is 51.7 Å². The molecule has 9 N–H and O–H groups in total. The zero-order chi connectivity index (χ0) is 60.9. The maximum absolute atomic E-state index is 12.7. The summed E-state index contributed by atoms with van der Waals surface area (Å²) >= 11 is 9.75. The van der Waals surface area contributed by atoms with Crippen LogP contribution in [0, 0.1) is 13.8 Å². The van der Waals surface area contributed by atoms with Gasteiger partial charge in [0.15, 0.2) is 28.5 Å². The lowest BCUT2D eigenvalue weighted by Crippen LogP contribution is -2.21. The van der Waals surface area contributed by atoms with E-state index in [1.54, 1.807) is 6.92 Å². The number of alkyl halides is 1. The number of aromatic hydroxyl groups is 2. The van der Waals surface area contributed by atoms with E-state index < -0.39 is 139 Å². The molecule has 444 valence electrons. The van der Waals surface area contributed by atoms with Crippen LogP contribution in [-0.2, 0) is 74.8 Å². The number of azo groups is 2. The van der Waals surface area contributed by atoms with Gasteiger partial charge in [0.2, 0.25) is 32.9 Å². The van der Waals surface area contributed by atoms with Crippen molar-refractivity contribution < 1.29 is 87.9 Å². The molecule has 0 aliphatic rings. The highest BCUT2D eigenvalue weighted by Gasteiger charge is 2.27. The first kappa shape index (κ1) is 66.5.